The highest BCUT2D eigenvalue weighted by molar-refractivity contribution is 7.89. The SMILES string of the molecule is CCc1cccc(S(=O)(=O)N(C)CC2CCCC2O)c1. The molecule has 0 radical (unpaired) electrons. The zero-order valence-corrected chi connectivity index (χ0v) is 12.9. The van der Waals surface area contributed by atoms with E-state index in [0.29, 0.717) is 11.4 Å². The molecule has 0 spiro atoms. The lowest BCUT2D eigenvalue weighted by atomic mass is 10.1. The fourth-order valence-corrected chi connectivity index (χ4v) is 4.06. The molecule has 20 heavy (non-hydrogen) atoms. The van der Waals surface area contributed by atoms with Crippen LogP contribution in [0.15, 0.2) is 29.2 Å². The van der Waals surface area contributed by atoms with Crippen LogP contribution in [0.5, 0.6) is 0 Å². The third kappa shape index (κ3) is 3.22. The monoisotopic (exact) mass is 297 g/mol. The molecule has 5 heteroatoms. The van der Waals surface area contributed by atoms with Crippen molar-refractivity contribution in [3.63, 3.8) is 0 Å². The molecule has 0 heterocycles. The Morgan fingerprint density at radius 2 is 2.10 bits per heavy atom. The highest BCUT2D eigenvalue weighted by Gasteiger charge is 2.30. The van der Waals surface area contributed by atoms with Crippen molar-refractivity contribution in [2.45, 2.75) is 43.6 Å². The van der Waals surface area contributed by atoms with E-state index in [2.05, 4.69) is 0 Å². The summed E-state index contributed by atoms with van der Waals surface area (Å²) < 4.78 is 26.5. The van der Waals surface area contributed by atoms with Gasteiger partial charge in [0.15, 0.2) is 0 Å². The van der Waals surface area contributed by atoms with Crippen LogP contribution in [0.1, 0.15) is 31.7 Å². The summed E-state index contributed by atoms with van der Waals surface area (Å²) in [5, 5.41) is 9.83. The molecule has 1 fully saturated rings. The fourth-order valence-electron chi connectivity index (χ4n) is 2.76. The quantitative estimate of drug-likeness (QED) is 0.904. The van der Waals surface area contributed by atoms with Gasteiger partial charge in [0, 0.05) is 13.6 Å². The molecule has 0 bridgehead atoms. The highest BCUT2D eigenvalue weighted by atomic mass is 32.2. The molecule has 112 valence electrons. The first-order chi connectivity index (χ1) is 9.45. The number of aliphatic hydroxyl groups excluding tert-OH is 1. The van der Waals surface area contributed by atoms with Crippen molar-refractivity contribution in [2.24, 2.45) is 5.92 Å². The van der Waals surface area contributed by atoms with Crippen molar-refractivity contribution >= 4 is 10.0 Å². The predicted molar refractivity (Wildman–Crippen MR) is 79.0 cm³/mol. The van der Waals surface area contributed by atoms with Gasteiger partial charge < -0.3 is 5.11 Å². The summed E-state index contributed by atoms with van der Waals surface area (Å²) >= 11 is 0. The molecular weight excluding hydrogens is 274 g/mol. The third-order valence-corrected chi connectivity index (χ3v) is 5.94. The van der Waals surface area contributed by atoms with Gasteiger partial charge in [-0.15, -0.1) is 0 Å². The number of rotatable bonds is 5. The van der Waals surface area contributed by atoms with Gasteiger partial charge in [0.05, 0.1) is 11.0 Å². The number of hydrogen-bond donors (Lipinski definition) is 1. The third-order valence-electron chi connectivity index (χ3n) is 4.13. The van der Waals surface area contributed by atoms with Crippen LogP contribution in [-0.2, 0) is 16.4 Å². The molecule has 4 nitrogen and oxygen atoms in total. The Morgan fingerprint density at radius 1 is 1.35 bits per heavy atom. The van der Waals surface area contributed by atoms with Crippen molar-refractivity contribution in [1.29, 1.82) is 0 Å². The summed E-state index contributed by atoms with van der Waals surface area (Å²) in [4.78, 5) is 0.340. The lowest BCUT2D eigenvalue weighted by Gasteiger charge is -2.23. The normalized spacial score (nSPS) is 23.4. The Balaban J connectivity index is 2.16. The second kappa shape index (κ2) is 6.24. The van der Waals surface area contributed by atoms with E-state index >= 15 is 0 Å². The Labute approximate surface area is 121 Å². The summed E-state index contributed by atoms with van der Waals surface area (Å²) in [6, 6.07) is 7.08. The minimum Gasteiger partial charge on any atom is -0.393 e. The van der Waals surface area contributed by atoms with Crippen LogP contribution in [0.25, 0.3) is 0 Å². The maximum Gasteiger partial charge on any atom is 0.242 e. The van der Waals surface area contributed by atoms with E-state index in [-0.39, 0.29) is 12.0 Å². The van der Waals surface area contributed by atoms with Crippen LogP contribution >= 0.6 is 0 Å². The molecular formula is C15H23NO3S. The lowest BCUT2D eigenvalue weighted by molar-refractivity contribution is 0.123. The standard InChI is InChI=1S/C15H23NO3S/c1-3-12-6-4-8-14(10-12)20(18,19)16(2)11-13-7-5-9-15(13)17/h4,6,8,10,13,15,17H,3,5,7,9,11H2,1-2H3. The minimum atomic E-state index is -3.46. The van der Waals surface area contributed by atoms with Gasteiger partial charge in [0.1, 0.15) is 0 Å². The van der Waals surface area contributed by atoms with Crippen LogP contribution in [0.2, 0.25) is 0 Å². The molecule has 1 aliphatic rings. The van der Waals surface area contributed by atoms with Crippen LogP contribution in [0.4, 0.5) is 0 Å². The Kier molecular flexibility index (Phi) is 4.83. The predicted octanol–water partition coefficient (Wildman–Crippen LogP) is 2.03. The average molecular weight is 297 g/mol. The summed E-state index contributed by atoms with van der Waals surface area (Å²) in [7, 11) is -1.86. The number of hydrogen-bond acceptors (Lipinski definition) is 3. The van der Waals surface area contributed by atoms with Gasteiger partial charge >= 0.3 is 0 Å². The molecule has 1 N–H and O–H groups in total. The molecule has 1 aliphatic carbocycles. The maximum absolute atomic E-state index is 12.5. The lowest BCUT2D eigenvalue weighted by Crippen LogP contribution is -2.34. The molecule has 1 saturated carbocycles. The van der Waals surface area contributed by atoms with Gasteiger partial charge in [0.25, 0.3) is 0 Å². The second-order valence-electron chi connectivity index (χ2n) is 5.54. The van der Waals surface area contributed by atoms with Crippen LogP contribution < -0.4 is 0 Å². The molecule has 0 aliphatic heterocycles. The zero-order valence-electron chi connectivity index (χ0n) is 12.1. The van der Waals surface area contributed by atoms with Gasteiger partial charge in [-0.1, -0.05) is 25.5 Å². The van der Waals surface area contributed by atoms with Crippen LogP contribution in [0.3, 0.4) is 0 Å². The van der Waals surface area contributed by atoms with Crippen molar-refractivity contribution in [1.82, 2.24) is 4.31 Å². The zero-order chi connectivity index (χ0) is 14.8. The average Bonchev–Trinajstić information content (AvgIpc) is 2.84. The first-order valence-electron chi connectivity index (χ1n) is 7.18. The van der Waals surface area contributed by atoms with Gasteiger partial charge in [-0.2, -0.15) is 0 Å². The molecule has 2 atom stereocenters. The summed E-state index contributed by atoms with van der Waals surface area (Å²) in [6.07, 6.45) is 3.11. The Bertz CT molecular complexity index is 556. The van der Waals surface area contributed by atoms with E-state index in [0.717, 1.165) is 31.2 Å². The number of aryl methyl sites for hydroxylation is 1. The Morgan fingerprint density at radius 3 is 2.70 bits per heavy atom. The second-order valence-corrected chi connectivity index (χ2v) is 7.59. The van der Waals surface area contributed by atoms with Crippen molar-refractivity contribution in [3.05, 3.63) is 29.8 Å². The Hall–Kier alpha value is -0.910. The van der Waals surface area contributed by atoms with Crippen LogP contribution in [-0.4, -0.2) is 37.5 Å². The van der Waals surface area contributed by atoms with E-state index in [9.17, 15) is 13.5 Å². The highest BCUT2D eigenvalue weighted by Crippen LogP contribution is 2.27. The van der Waals surface area contributed by atoms with E-state index in [4.69, 9.17) is 0 Å². The van der Waals surface area contributed by atoms with E-state index in [1.54, 1.807) is 25.2 Å². The van der Waals surface area contributed by atoms with Gasteiger partial charge in [-0.3, -0.25) is 0 Å². The molecule has 2 rings (SSSR count). The molecule has 0 aromatic heterocycles. The minimum absolute atomic E-state index is 0.0594. The maximum atomic E-state index is 12.5. The van der Waals surface area contributed by atoms with Crippen molar-refractivity contribution < 1.29 is 13.5 Å². The number of sulfonamides is 1. The topological polar surface area (TPSA) is 57.6 Å². The molecule has 0 amide bonds. The summed E-state index contributed by atoms with van der Waals surface area (Å²) in [6.45, 7) is 2.39. The van der Waals surface area contributed by atoms with E-state index in [1.165, 1.54) is 4.31 Å². The molecule has 1 aromatic carbocycles. The van der Waals surface area contributed by atoms with Gasteiger partial charge in [-0.05, 0) is 42.9 Å². The van der Waals surface area contributed by atoms with Crippen molar-refractivity contribution in [3.8, 4) is 0 Å². The largest absolute Gasteiger partial charge is 0.393 e. The molecule has 0 saturated heterocycles. The van der Waals surface area contributed by atoms with Crippen LogP contribution in [0, 0.1) is 5.92 Å². The summed E-state index contributed by atoms with van der Waals surface area (Å²) in [5.74, 6) is 0.0594. The first-order valence-corrected chi connectivity index (χ1v) is 8.62. The van der Waals surface area contributed by atoms with Gasteiger partial charge in [-0.25, -0.2) is 12.7 Å². The number of nitrogens with zero attached hydrogens (tertiary/aromatic N) is 1. The molecule has 1 aromatic rings. The number of aliphatic hydroxyl groups is 1. The van der Waals surface area contributed by atoms with E-state index in [1.807, 2.05) is 13.0 Å². The smallest absolute Gasteiger partial charge is 0.242 e. The van der Waals surface area contributed by atoms with Gasteiger partial charge in [0.2, 0.25) is 10.0 Å². The molecule has 2 unspecified atom stereocenters. The van der Waals surface area contributed by atoms with E-state index < -0.39 is 10.0 Å². The number of benzene rings is 1. The fraction of sp³-hybridized carbons (Fsp3) is 0.600. The van der Waals surface area contributed by atoms with Crippen molar-refractivity contribution in [2.75, 3.05) is 13.6 Å². The summed E-state index contributed by atoms with van der Waals surface area (Å²) in [5.41, 5.74) is 1.01. The first kappa shape index (κ1) is 15.5.